The van der Waals surface area contributed by atoms with Gasteiger partial charge < -0.3 is 9.47 Å². The van der Waals surface area contributed by atoms with Crippen LogP contribution >= 0.6 is 0 Å². The molecule has 148 valence electrons. The van der Waals surface area contributed by atoms with Gasteiger partial charge in [0, 0.05) is 23.4 Å². The van der Waals surface area contributed by atoms with Gasteiger partial charge in [0.15, 0.2) is 17.8 Å². The lowest BCUT2D eigenvalue weighted by Crippen LogP contribution is -2.17. The molecule has 29 heavy (non-hydrogen) atoms. The molecule has 5 rings (SSSR count). The first-order valence-electron chi connectivity index (χ1n) is 9.52. The quantitative estimate of drug-likeness (QED) is 0.620. The summed E-state index contributed by atoms with van der Waals surface area (Å²) in [5, 5.41) is 0. The molecular weight excluding hydrogens is 390 g/mol. The van der Waals surface area contributed by atoms with Crippen LogP contribution in [0.1, 0.15) is 27.9 Å². The van der Waals surface area contributed by atoms with Crippen molar-refractivity contribution in [3.63, 3.8) is 0 Å². The molecule has 7 heteroatoms. The Kier molecular flexibility index (Phi) is 4.20. The van der Waals surface area contributed by atoms with Gasteiger partial charge in [-0.3, -0.25) is 4.79 Å². The van der Waals surface area contributed by atoms with Crippen molar-refractivity contribution in [3.05, 3.63) is 65.4 Å². The maximum Gasteiger partial charge on any atom is 0.268 e. The van der Waals surface area contributed by atoms with Crippen LogP contribution in [0.15, 0.2) is 53.6 Å². The van der Waals surface area contributed by atoms with E-state index in [-0.39, 0.29) is 4.90 Å². The molecule has 2 aromatic carbocycles. The van der Waals surface area contributed by atoms with Crippen molar-refractivity contribution < 1.29 is 22.7 Å². The fraction of sp³-hybridized carbons (Fsp3) is 0.227. The predicted molar refractivity (Wildman–Crippen MR) is 107 cm³/mol. The van der Waals surface area contributed by atoms with Gasteiger partial charge in [-0.2, -0.15) is 0 Å². The van der Waals surface area contributed by atoms with Crippen LogP contribution in [-0.4, -0.2) is 31.9 Å². The fourth-order valence-corrected chi connectivity index (χ4v) is 5.52. The molecule has 6 nitrogen and oxygen atoms in total. The van der Waals surface area contributed by atoms with E-state index in [0.29, 0.717) is 42.4 Å². The Morgan fingerprint density at radius 2 is 1.76 bits per heavy atom. The largest absolute Gasteiger partial charge is 0.486 e. The molecule has 2 aliphatic rings. The molecule has 0 amide bonds. The number of nitrogens with zero attached hydrogens (tertiary/aromatic N) is 1. The molecule has 1 aliphatic heterocycles. The van der Waals surface area contributed by atoms with Crippen LogP contribution in [0.2, 0.25) is 0 Å². The number of benzene rings is 2. The zero-order chi connectivity index (χ0) is 20.0. The number of hydrogen-bond donors (Lipinski definition) is 0. The van der Waals surface area contributed by atoms with Crippen molar-refractivity contribution in [2.75, 3.05) is 13.2 Å². The lowest BCUT2D eigenvalue weighted by molar-refractivity contribution is 0.112. The Hall–Kier alpha value is -3.06. The summed E-state index contributed by atoms with van der Waals surface area (Å²) in [6.45, 7) is 0.807. The Morgan fingerprint density at radius 1 is 0.966 bits per heavy atom. The first kappa shape index (κ1) is 18.0. The highest BCUT2D eigenvalue weighted by Gasteiger charge is 2.29. The van der Waals surface area contributed by atoms with Crippen LogP contribution in [0.25, 0.3) is 11.3 Å². The predicted octanol–water partition coefficient (Wildman–Crippen LogP) is 3.46. The molecule has 0 saturated carbocycles. The topological polar surface area (TPSA) is 74.6 Å². The van der Waals surface area contributed by atoms with Gasteiger partial charge in [0.25, 0.3) is 10.0 Å². The molecular formula is C22H19NO5S. The second-order valence-corrected chi connectivity index (χ2v) is 8.96. The standard InChI is InChI=1S/C22H19NO5S/c24-14-16-13-23(22-18-6-2-1-4-15(18)5-3-7-19(16)22)29(25,26)17-8-9-20-21(12-17)28-11-10-27-20/h1-2,4,6,8-9,12-14H,3,5,7,10-11H2. The van der Waals surface area contributed by atoms with E-state index in [0.717, 1.165) is 35.8 Å². The molecule has 0 bridgehead atoms. The molecule has 1 aromatic heterocycles. The summed E-state index contributed by atoms with van der Waals surface area (Å²) < 4.78 is 39.5. The summed E-state index contributed by atoms with van der Waals surface area (Å²) in [7, 11) is -3.94. The van der Waals surface area contributed by atoms with E-state index in [2.05, 4.69) is 0 Å². The third-order valence-electron chi connectivity index (χ3n) is 5.45. The molecule has 0 radical (unpaired) electrons. The number of aryl methyl sites for hydroxylation is 1. The average molecular weight is 409 g/mol. The van der Waals surface area contributed by atoms with Crippen LogP contribution in [0.3, 0.4) is 0 Å². The minimum absolute atomic E-state index is 0.0960. The van der Waals surface area contributed by atoms with Crippen LogP contribution in [-0.2, 0) is 22.9 Å². The van der Waals surface area contributed by atoms with Gasteiger partial charge in [0.2, 0.25) is 0 Å². The zero-order valence-corrected chi connectivity index (χ0v) is 16.4. The van der Waals surface area contributed by atoms with Gasteiger partial charge in [-0.05, 0) is 42.5 Å². The maximum atomic E-state index is 13.6. The number of ether oxygens (including phenoxy) is 2. The first-order chi connectivity index (χ1) is 14.1. The molecule has 0 N–H and O–H groups in total. The lowest BCUT2D eigenvalue weighted by Gasteiger charge is -2.19. The number of fused-ring (bicyclic) bond motifs is 4. The summed E-state index contributed by atoms with van der Waals surface area (Å²) >= 11 is 0. The zero-order valence-electron chi connectivity index (χ0n) is 15.6. The number of carbonyl (C=O) groups is 1. The summed E-state index contributed by atoms with van der Waals surface area (Å²) in [5.74, 6) is 0.937. The Morgan fingerprint density at radius 3 is 2.59 bits per heavy atom. The van der Waals surface area contributed by atoms with Crippen LogP contribution < -0.4 is 9.47 Å². The van der Waals surface area contributed by atoms with Crippen LogP contribution in [0, 0.1) is 0 Å². The van der Waals surface area contributed by atoms with Crippen LogP contribution in [0.4, 0.5) is 0 Å². The average Bonchev–Trinajstić information content (AvgIpc) is 3.02. The van der Waals surface area contributed by atoms with E-state index in [1.165, 1.54) is 22.3 Å². The van der Waals surface area contributed by atoms with Gasteiger partial charge in [-0.1, -0.05) is 24.3 Å². The Bertz CT molecular complexity index is 1230. The normalized spacial score (nSPS) is 15.2. The molecule has 0 saturated heterocycles. The maximum absolute atomic E-state index is 13.6. The van der Waals surface area contributed by atoms with Gasteiger partial charge >= 0.3 is 0 Å². The van der Waals surface area contributed by atoms with Gasteiger partial charge in [0.1, 0.15) is 13.2 Å². The Balaban J connectivity index is 1.74. The molecule has 2 heterocycles. The van der Waals surface area contributed by atoms with Gasteiger partial charge in [-0.15, -0.1) is 0 Å². The molecule has 0 spiro atoms. The third kappa shape index (κ3) is 2.84. The van der Waals surface area contributed by atoms with E-state index >= 15 is 0 Å². The minimum atomic E-state index is -3.94. The highest BCUT2D eigenvalue weighted by Crippen LogP contribution is 2.38. The van der Waals surface area contributed by atoms with Gasteiger partial charge in [0.05, 0.1) is 10.6 Å². The van der Waals surface area contributed by atoms with E-state index in [1.807, 2.05) is 24.3 Å². The number of rotatable bonds is 3. The third-order valence-corrected chi connectivity index (χ3v) is 7.11. The van der Waals surface area contributed by atoms with E-state index in [9.17, 15) is 13.2 Å². The van der Waals surface area contributed by atoms with Crippen LogP contribution in [0.5, 0.6) is 11.5 Å². The SMILES string of the molecule is O=Cc1cn(S(=O)(=O)c2ccc3c(c2)OCCO3)c2c1CCCc1ccccc1-2. The number of aldehydes is 1. The lowest BCUT2D eigenvalue weighted by atomic mass is 10.0. The van der Waals surface area contributed by atoms with Crippen molar-refractivity contribution in [2.24, 2.45) is 0 Å². The molecule has 1 aliphatic carbocycles. The van der Waals surface area contributed by atoms with Crippen molar-refractivity contribution in [1.82, 2.24) is 3.97 Å². The highest BCUT2D eigenvalue weighted by molar-refractivity contribution is 7.90. The molecule has 0 atom stereocenters. The number of carbonyl (C=O) groups excluding carboxylic acids is 1. The molecule has 3 aromatic rings. The smallest absolute Gasteiger partial charge is 0.268 e. The summed E-state index contributed by atoms with van der Waals surface area (Å²) in [4.78, 5) is 11.8. The highest BCUT2D eigenvalue weighted by atomic mass is 32.2. The van der Waals surface area contributed by atoms with E-state index < -0.39 is 10.0 Å². The molecule has 0 unspecified atom stereocenters. The second kappa shape index (κ2) is 6.77. The molecule has 0 fully saturated rings. The fourth-order valence-electron chi connectivity index (χ4n) is 4.10. The van der Waals surface area contributed by atoms with Gasteiger partial charge in [-0.25, -0.2) is 12.4 Å². The summed E-state index contributed by atoms with van der Waals surface area (Å²) in [5.41, 5.74) is 3.72. The summed E-state index contributed by atoms with van der Waals surface area (Å²) in [6, 6.07) is 12.4. The number of hydrogen-bond acceptors (Lipinski definition) is 5. The van der Waals surface area contributed by atoms with Crippen molar-refractivity contribution in [2.45, 2.75) is 24.2 Å². The first-order valence-corrected chi connectivity index (χ1v) is 11.0. The minimum Gasteiger partial charge on any atom is -0.486 e. The van der Waals surface area contributed by atoms with Crippen molar-refractivity contribution in [3.8, 4) is 22.8 Å². The van der Waals surface area contributed by atoms with Crippen molar-refractivity contribution in [1.29, 1.82) is 0 Å². The van der Waals surface area contributed by atoms with Crippen molar-refractivity contribution >= 4 is 16.3 Å². The second-order valence-electron chi connectivity index (χ2n) is 7.15. The Labute approximate surface area is 168 Å². The monoisotopic (exact) mass is 409 g/mol. The van der Waals surface area contributed by atoms with E-state index in [1.54, 1.807) is 6.07 Å². The summed E-state index contributed by atoms with van der Waals surface area (Å²) in [6.07, 6.45) is 4.53. The number of aromatic nitrogens is 1. The van der Waals surface area contributed by atoms with E-state index in [4.69, 9.17) is 9.47 Å².